The molecule has 0 saturated heterocycles. The second-order valence-corrected chi connectivity index (χ2v) is 7.77. The molecule has 0 bridgehead atoms. The number of nitrogen functional groups attached to an aromatic ring is 1. The number of Topliss-reactive ketones (excluding diaryl/α,β-unsaturated/α-hetero) is 1. The van der Waals surface area contributed by atoms with Crippen molar-refractivity contribution >= 4 is 44.5 Å². The van der Waals surface area contributed by atoms with Gasteiger partial charge < -0.3 is 11.1 Å². The summed E-state index contributed by atoms with van der Waals surface area (Å²) in [5, 5.41) is 3.88. The Labute approximate surface area is 172 Å². The lowest BCUT2D eigenvalue weighted by molar-refractivity contribution is 0.0984. The van der Waals surface area contributed by atoms with Crippen LogP contribution in [0.3, 0.4) is 0 Å². The Morgan fingerprint density at radius 2 is 1.83 bits per heavy atom. The summed E-state index contributed by atoms with van der Waals surface area (Å²) in [6.45, 7) is 0. The minimum Gasteiger partial charge on any atom is -0.396 e. The molecular formula is C23H19N3O2S. The van der Waals surface area contributed by atoms with E-state index in [9.17, 15) is 9.59 Å². The van der Waals surface area contributed by atoms with E-state index < -0.39 is 0 Å². The molecule has 29 heavy (non-hydrogen) atoms. The number of aromatic nitrogens is 1. The Bertz CT molecular complexity index is 1150. The van der Waals surface area contributed by atoms with Gasteiger partial charge in [-0.15, -0.1) is 11.3 Å². The summed E-state index contributed by atoms with van der Waals surface area (Å²) in [6, 6.07) is 18.9. The molecule has 6 heteroatoms. The fraction of sp³-hybridized carbons (Fsp3) is 0.0870. The molecule has 0 fully saturated rings. The summed E-state index contributed by atoms with van der Waals surface area (Å²) in [4.78, 5) is 29.6. The monoisotopic (exact) mass is 401 g/mol. The smallest absolute Gasteiger partial charge is 0.255 e. The van der Waals surface area contributed by atoms with Gasteiger partial charge in [0.25, 0.3) is 5.91 Å². The predicted octanol–water partition coefficient (Wildman–Crippen LogP) is 4.95. The van der Waals surface area contributed by atoms with Crippen molar-refractivity contribution in [1.29, 1.82) is 0 Å². The molecule has 0 spiro atoms. The number of fused-ring (bicyclic) bond motifs is 1. The second kappa shape index (κ2) is 8.24. The molecule has 144 valence electrons. The summed E-state index contributed by atoms with van der Waals surface area (Å²) in [5.74, 6) is -0.100. The van der Waals surface area contributed by atoms with Crippen molar-refractivity contribution in [2.24, 2.45) is 0 Å². The number of nitrogens with two attached hydrogens (primary N) is 1. The van der Waals surface area contributed by atoms with Gasteiger partial charge in [0.2, 0.25) is 0 Å². The second-order valence-electron chi connectivity index (χ2n) is 6.69. The lowest BCUT2D eigenvalue weighted by atomic mass is 10.0. The van der Waals surface area contributed by atoms with Crippen molar-refractivity contribution in [2.75, 3.05) is 11.1 Å². The molecule has 0 aliphatic rings. The first-order chi connectivity index (χ1) is 14.1. The number of amides is 1. The third-order valence-corrected chi connectivity index (χ3v) is 5.81. The maximum atomic E-state index is 12.5. The first-order valence-corrected chi connectivity index (χ1v) is 10.0. The molecule has 2 heterocycles. The molecule has 0 radical (unpaired) electrons. The summed E-state index contributed by atoms with van der Waals surface area (Å²) >= 11 is 1.53. The molecule has 0 unspecified atom stereocenters. The first-order valence-electron chi connectivity index (χ1n) is 9.22. The SMILES string of the molecule is Nc1cnccc1NC(=O)c1ccc(CCC(=O)c2cc3ccccc3s2)cc1. The lowest BCUT2D eigenvalue weighted by Crippen LogP contribution is -2.13. The van der Waals surface area contributed by atoms with Gasteiger partial charge in [0.05, 0.1) is 22.4 Å². The third kappa shape index (κ3) is 4.33. The molecule has 2 aromatic heterocycles. The number of aryl methyl sites for hydroxylation is 1. The van der Waals surface area contributed by atoms with Crippen molar-refractivity contribution in [3.63, 3.8) is 0 Å². The Hall–Kier alpha value is -3.51. The molecule has 4 aromatic rings. The largest absolute Gasteiger partial charge is 0.396 e. The topological polar surface area (TPSA) is 85.1 Å². The fourth-order valence-corrected chi connectivity index (χ4v) is 4.07. The molecule has 0 atom stereocenters. The normalized spacial score (nSPS) is 10.8. The number of carbonyl (C=O) groups is 2. The highest BCUT2D eigenvalue weighted by molar-refractivity contribution is 7.20. The highest BCUT2D eigenvalue weighted by atomic mass is 32.1. The molecule has 3 N–H and O–H groups in total. The van der Waals surface area contributed by atoms with E-state index in [4.69, 9.17) is 5.73 Å². The zero-order chi connectivity index (χ0) is 20.2. The van der Waals surface area contributed by atoms with Crippen LogP contribution >= 0.6 is 11.3 Å². The van der Waals surface area contributed by atoms with E-state index in [0.29, 0.717) is 29.8 Å². The number of rotatable bonds is 6. The standard InChI is InChI=1S/C23H19N3O2S/c24-18-14-25-12-11-19(18)26-23(28)16-8-5-15(6-9-16)7-10-20(27)22-13-17-3-1-2-4-21(17)29-22/h1-6,8-9,11-14H,7,10,24H2,(H,25,26,28). The van der Waals surface area contributed by atoms with Crippen LogP contribution in [-0.2, 0) is 6.42 Å². The van der Waals surface area contributed by atoms with Crippen LogP contribution in [0.1, 0.15) is 32.0 Å². The molecular weight excluding hydrogens is 382 g/mol. The van der Waals surface area contributed by atoms with Gasteiger partial charge in [-0.05, 0) is 47.7 Å². The van der Waals surface area contributed by atoms with Crippen molar-refractivity contribution in [3.05, 3.63) is 89.1 Å². The predicted molar refractivity (Wildman–Crippen MR) is 118 cm³/mol. The molecule has 0 saturated carbocycles. The van der Waals surface area contributed by atoms with Crippen LogP contribution < -0.4 is 11.1 Å². The number of nitrogens with one attached hydrogen (secondary N) is 1. The summed E-state index contributed by atoms with van der Waals surface area (Å²) in [5.41, 5.74) is 8.29. The Morgan fingerprint density at radius 1 is 1.03 bits per heavy atom. The van der Waals surface area contributed by atoms with E-state index in [1.165, 1.54) is 17.5 Å². The Kier molecular flexibility index (Phi) is 5.35. The zero-order valence-corrected chi connectivity index (χ0v) is 16.4. The van der Waals surface area contributed by atoms with E-state index in [-0.39, 0.29) is 11.7 Å². The maximum Gasteiger partial charge on any atom is 0.255 e. The number of hydrogen-bond acceptors (Lipinski definition) is 5. The van der Waals surface area contributed by atoms with Gasteiger partial charge in [-0.2, -0.15) is 0 Å². The molecule has 0 aliphatic heterocycles. The minimum absolute atomic E-state index is 0.140. The van der Waals surface area contributed by atoms with E-state index in [0.717, 1.165) is 20.5 Å². The van der Waals surface area contributed by atoms with E-state index in [1.807, 2.05) is 42.5 Å². The average molecular weight is 401 g/mol. The van der Waals surface area contributed by atoms with Crippen LogP contribution in [0.25, 0.3) is 10.1 Å². The van der Waals surface area contributed by atoms with Crippen molar-refractivity contribution in [3.8, 4) is 0 Å². The number of anilines is 2. The number of carbonyl (C=O) groups excluding carboxylic acids is 2. The van der Waals surface area contributed by atoms with Crippen molar-refractivity contribution < 1.29 is 9.59 Å². The van der Waals surface area contributed by atoms with Crippen LogP contribution in [0.5, 0.6) is 0 Å². The molecule has 5 nitrogen and oxygen atoms in total. The average Bonchev–Trinajstić information content (AvgIpc) is 3.18. The van der Waals surface area contributed by atoms with Crippen LogP contribution in [-0.4, -0.2) is 16.7 Å². The van der Waals surface area contributed by atoms with E-state index >= 15 is 0 Å². The molecule has 1 amide bonds. The summed E-state index contributed by atoms with van der Waals surface area (Å²) in [6.07, 6.45) is 4.13. The van der Waals surface area contributed by atoms with E-state index in [1.54, 1.807) is 24.4 Å². The lowest BCUT2D eigenvalue weighted by Gasteiger charge is -2.08. The number of nitrogens with zero attached hydrogens (tertiary/aromatic N) is 1. The summed E-state index contributed by atoms with van der Waals surface area (Å²) in [7, 11) is 0. The molecule has 4 rings (SSSR count). The van der Waals surface area contributed by atoms with Gasteiger partial charge in [-0.1, -0.05) is 30.3 Å². The number of ketones is 1. The number of hydrogen-bond donors (Lipinski definition) is 2. The Morgan fingerprint density at radius 3 is 2.59 bits per heavy atom. The Balaban J connectivity index is 1.37. The van der Waals surface area contributed by atoms with Gasteiger partial charge in [0.1, 0.15) is 0 Å². The van der Waals surface area contributed by atoms with Crippen LogP contribution in [0.4, 0.5) is 11.4 Å². The number of thiophene rings is 1. The number of benzene rings is 2. The van der Waals surface area contributed by atoms with Crippen molar-refractivity contribution in [1.82, 2.24) is 4.98 Å². The van der Waals surface area contributed by atoms with Crippen LogP contribution in [0.15, 0.2) is 73.1 Å². The first kappa shape index (κ1) is 18.8. The number of pyridine rings is 1. The van der Waals surface area contributed by atoms with Gasteiger partial charge in [-0.3, -0.25) is 14.6 Å². The molecule has 2 aromatic carbocycles. The fourth-order valence-electron chi connectivity index (χ4n) is 3.04. The van der Waals surface area contributed by atoms with Crippen LogP contribution in [0.2, 0.25) is 0 Å². The zero-order valence-electron chi connectivity index (χ0n) is 15.6. The highest BCUT2D eigenvalue weighted by Crippen LogP contribution is 2.26. The maximum absolute atomic E-state index is 12.5. The molecule has 0 aliphatic carbocycles. The van der Waals surface area contributed by atoms with Crippen LogP contribution in [0, 0.1) is 0 Å². The van der Waals surface area contributed by atoms with Gasteiger partial charge in [-0.25, -0.2) is 0 Å². The minimum atomic E-state index is -0.240. The van der Waals surface area contributed by atoms with Gasteiger partial charge in [0, 0.05) is 22.9 Å². The van der Waals surface area contributed by atoms with Gasteiger partial charge >= 0.3 is 0 Å². The van der Waals surface area contributed by atoms with E-state index in [2.05, 4.69) is 10.3 Å². The third-order valence-electron chi connectivity index (χ3n) is 4.66. The quantitative estimate of drug-likeness (QED) is 0.448. The summed E-state index contributed by atoms with van der Waals surface area (Å²) < 4.78 is 1.13. The highest BCUT2D eigenvalue weighted by Gasteiger charge is 2.11. The van der Waals surface area contributed by atoms with Gasteiger partial charge in [0.15, 0.2) is 5.78 Å². The van der Waals surface area contributed by atoms with Crippen molar-refractivity contribution in [2.45, 2.75) is 12.8 Å².